The van der Waals surface area contributed by atoms with Crippen LogP contribution in [0.15, 0.2) is 34.8 Å². The van der Waals surface area contributed by atoms with Gasteiger partial charge in [-0.1, -0.05) is 24.3 Å². The van der Waals surface area contributed by atoms with E-state index in [1.165, 1.54) is 0 Å². The molecule has 0 spiro atoms. The molecule has 0 aliphatic carbocycles. The quantitative estimate of drug-likeness (QED) is 0.834. The van der Waals surface area contributed by atoms with E-state index < -0.39 is 5.97 Å². The van der Waals surface area contributed by atoms with Crippen molar-refractivity contribution in [3.63, 3.8) is 0 Å². The summed E-state index contributed by atoms with van der Waals surface area (Å²) in [6.45, 7) is 0. The number of phenols is 1. The molecule has 2 aromatic carbocycles. The van der Waals surface area contributed by atoms with Gasteiger partial charge in [0.05, 0.1) is 0 Å². The Morgan fingerprint density at radius 2 is 1.93 bits per heavy atom. The van der Waals surface area contributed by atoms with E-state index in [0.717, 1.165) is 5.39 Å². The van der Waals surface area contributed by atoms with Crippen LogP contribution in [0.5, 0.6) is 5.75 Å². The molecule has 15 heavy (non-hydrogen) atoms. The first-order valence-electron chi connectivity index (χ1n) is 4.25. The third-order valence-electron chi connectivity index (χ3n) is 2.19. The average molecular weight is 267 g/mol. The summed E-state index contributed by atoms with van der Waals surface area (Å²) in [4.78, 5) is 10.9. The van der Waals surface area contributed by atoms with Gasteiger partial charge in [0.1, 0.15) is 11.3 Å². The Morgan fingerprint density at radius 3 is 2.60 bits per heavy atom. The largest absolute Gasteiger partial charge is 0.506 e. The minimum absolute atomic E-state index is 0.103. The van der Waals surface area contributed by atoms with Crippen LogP contribution >= 0.6 is 15.9 Å². The fourth-order valence-electron chi connectivity index (χ4n) is 1.50. The molecular formula is C11H7BrO3. The van der Waals surface area contributed by atoms with Gasteiger partial charge in [0.25, 0.3) is 0 Å². The fourth-order valence-corrected chi connectivity index (χ4v) is 2.10. The predicted octanol–water partition coefficient (Wildman–Crippen LogP) is 3.01. The van der Waals surface area contributed by atoms with Crippen LogP contribution in [0.2, 0.25) is 0 Å². The van der Waals surface area contributed by atoms with Crippen molar-refractivity contribution < 1.29 is 15.0 Å². The van der Waals surface area contributed by atoms with E-state index in [0.29, 0.717) is 9.86 Å². The van der Waals surface area contributed by atoms with Crippen LogP contribution in [-0.2, 0) is 0 Å². The number of benzene rings is 2. The molecular weight excluding hydrogens is 260 g/mol. The third-order valence-corrected chi connectivity index (χ3v) is 2.81. The van der Waals surface area contributed by atoms with E-state index in [9.17, 15) is 9.90 Å². The number of aromatic hydroxyl groups is 1. The topological polar surface area (TPSA) is 57.5 Å². The lowest BCUT2D eigenvalue weighted by Crippen LogP contribution is -1.98. The average Bonchev–Trinajstić information content (AvgIpc) is 2.17. The molecule has 0 amide bonds. The van der Waals surface area contributed by atoms with Crippen LogP contribution in [0.1, 0.15) is 10.4 Å². The Bertz CT molecular complexity index is 549. The molecule has 0 fully saturated rings. The number of carboxylic acid groups (broad SMARTS) is 1. The highest BCUT2D eigenvalue weighted by Crippen LogP contribution is 2.34. The van der Waals surface area contributed by atoms with Crippen LogP contribution in [0.25, 0.3) is 10.8 Å². The van der Waals surface area contributed by atoms with Crippen molar-refractivity contribution in [3.05, 3.63) is 40.4 Å². The number of carbonyl (C=O) groups is 1. The van der Waals surface area contributed by atoms with E-state index >= 15 is 0 Å². The molecule has 0 unspecified atom stereocenters. The number of hydrogen-bond donors (Lipinski definition) is 2. The van der Waals surface area contributed by atoms with Gasteiger partial charge in [-0.15, -0.1) is 0 Å². The molecule has 0 saturated heterocycles. The van der Waals surface area contributed by atoms with Crippen LogP contribution in [-0.4, -0.2) is 16.2 Å². The lowest BCUT2D eigenvalue weighted by Gasteiger charge is -2.06. The van der Waals surface area contributed by atoms with Crippen molar-refractivity contribution >= 4 is 32.7 Å². The molecule has 0 bridgehead atoms. The van der Waals surface area contributed by atoms with Gasteiger partial charge in [-0.2, -0.15) is 0 Å². The van der Waals surface area contributed by atoms with Crippen LogP contribution in [0.3, 0.4) is 0 Å². The first kappa shape index (κ1) is 9.98. The molecule has 0 aliphatic heterocycles. The molecule has 0 aromatic heterocycles. The highest BCUT2D eigenvalue weighted by Gasteiger charge is 2.16. The summed E-state index contributed by atoms with van der Waals surface area (Å²) >= 11 is 3.13. The van der Waals surface area contributed by atoms with Crippen molar-refractivity contribution in [3.8, 4) is 5.75 Å². The van der Waals surface area contributed by atoms with Gasteiger partial charge < -0.3 is 10.2 Å². The number of aromatic carboxylic acids is 1. The number of fused-ring (bicyclic) bond motifs is 1. The molecule has 0 heterocycles. The smallest absolute Gasteiger partial charge is 0.340 e. The van der Waals surface area contributed by atoms with Gasteiger partial charge in [-0.05, 0) is 27.4 Å². The molecule has 0 aliphatic rings. The van der Waals surface area contributed by atoms with Crippen molar-refractivity contribution in [2.24, 2.45) is 0 Å². The molecule has 2 rings (SSSR count). The maximum atomic E-state index is 10.9. The van der Waals surface area contributed by atoms with Gasteiger partial charge in [-0.3, -0.25) is 0 Å². The van der Waals surface area contributed by atoms with Crippen molar-refractivity contribution in [1.29, 1.82) is 0 Å². The van der Waals surface area contributed by atoms with Crippen LogP contribution in [0, 0.1) is 0 Å². The second kappa shape index (κ2) is 3.55. The summed E-state index contributed by atoms with van der Waals surface area (Å²) in [5.74, 6) is -1.35. The number of rotatable bonds is 1. The summed E-state index contributed by atoms with van der Waals surface area (Å²) in [6, 6.07) is 8.75. The monoisotopic (exact) mass is 266 g/mol. The van der Waals surface area contributed by atoms with Gasteiger partial charge >= 0.3 is 5.97 Å². The van der Waals surface area contributed by atoms with E-state index in [-0.39, 0.29) is 11.3 Å². The second-order valence-corrected chi connectivity index (χ2v) is 3.96. The van der Waals surface area contributed by atoms with Crippen LogP contribution in [0.4, 0.5) is 0 Å². The summed E-state index contributed by atoms with van der Waals surface area (Å²) < 4.78 is 0.381. The number of carboxylic acids is 1. The second-order valence-electron chi connectivity index (χ2n) is 3.11. The maximum absolute atomic E-state index is 10.9. The Kier molecular flexibility index (Phi) is 2.36. The minimum Gasteiger partial charge on any atom is -0.506 e. The Balaban J connectivity index is 2.90. The molecule has 3 nitrogen and oxygen atoms in total. The zero-order chi connectivity index (χ0) is 11.0. The highest BCUT2D eigenvalue weighted by atomic mass is 79.9. The number of hydrogen-bond acceptors (Lipinski definition) is 2. The fraction of sp³-hybridized carbons (Fsp3) is 0. The molecule has 0 saturated carbocycles. The normalized spacial score (nSPS) is 10.5. The predicted molar refractivity (Wildman–Crippen MR) is 60.3 cm³/mol. The zero-order valence-corrected chi connectivity index (χ0v) is 9.15. The van der Waals surface area contributed by atoms with Gasteiger partial charge in [0.2, 0.25) is 0 Å². The van der Waals surface area contributed by atoms with Crippen LogP contribution < -0.4 is 0 Å². The zero-order valence-electron chi connectivity index (χ0n) is 7.57. The first-order chi connectivity index (χ1) is 7.11. The Hall–Kier alpha value is -1.55. The molecule has 0 atom stereocenters. The van der Waals surface area contributed by atoms with Gasteiger partial charge in [0.15, 0.2) is 0 Å². The molecule has 2 N–H and O–H groups in total. The van der Waals surface area contributed by atoms with Gasteiger partial charge in [-0.25, -0.2) is 4.79 Å². The van der Waals surface area contributed by atoms with Gasteiger partial charge in [0, 0.05) is 9.86 Å². The first-order valence-corrected chi connectivity index (χ1v) is 5.04. The van der Waals surface area contributed by atoms with Crippen molar-refractivity contribution in [1.82, 2.24) is 0 Å². The molecule has 0 radical (unpaired) electrons. The lowest BCUT2D eigenvalue weighted by atomic mass is 10.1. The number of halogens is 1. The van der Waals surface area contributed by atoms with E-state index in [1.807, 2.05) is 12.1 Å². The lowest BCUT2D eigenvalue weighted by molar-refractivity contribution is 0.0693. The minimum atomic E-state index is -1.15. The highest BCUT2D eigenvalue weighted by molar-refractivity contribution is 9.10. The van der Waals surface area contributed by atoms with Crippen molar-refractivity contribution in [2.45, 2.75) is 0 Å². The summed E-state index contributed by atoms with van der Waals surface area (Å²) in [7, 11) is 0. The van der Waals surface area contributed by atoms with Crippen molar-refractivity contribution in [2.75, 3.05) is 0 Å². The standard InChI is InChI=1S/C11H7BrO3/c12-8-5-6-3-1-2-4-7(6)10(13)9(8)11(14)15/h1-5,13H,(H,14,15). The Morgan fingerprint density at radius 1 is 1.27 bits per heavy atom. The maximum Gasteiger partial charge on any atom is 0.340 e. The SMILES string of the molecule is O=C(O)c1c(Br)cc2ccccc2c1O. The van der Waals surface area contributed by atoms with E-state index in [4.69, 9.17) is 5.11 Å². The third kappa shape index (κ3) is 1.57. The molecule has 4 heteroatoms. The summed E-state index contributed by atoms with van der Waals surface area (Å²) in [5, 5.41) is 20.0. The molecule has 76 valence electrons. The summed E-state index contributed by atoms with van der Waals surface area (Å²) in [6.07, 6.45) is 0. The van der Waals surface area contributed by atoms with E-state index in [1.54, 1.807) is 18.2 Å². The molecule has 2 aromatic rings. The summed E-state index contributed by atoms with van der Waals surface area (Å²) in [5.41, 5.74) is -0.103. The van der Waals surface area contributed by atoms with E-state index in [2.05, 4.69) is 15.9 Å². The Labute approximate surface area is 94.1 Å².